The fourth-order valence-corrected chi connectivity index (χ4v) is 2.62. The van der Waals surface area contributed by atoms with Crippen LogP contribution >= 0.6 is 0 Å². The smallest absolute Gasteiger partial charge is 0.330 e. The van der Waals surface area contributed by atoms with Gasteiger partial charge in [0.2, 0.25) is 0 Å². The molecule has 0 aliphatic rings. The molecule has 3 rings (SSSR count). The highest BCUT2D eigenvalue weighted by molar-refractivity contribution is 5.66. The van der Waals surface area contributed by atoms with Gasteiger partial charge in [-0.3, -0.25) is 14.3 Å². The van der Waals surface area contributed by atoms with E-state index in [-0.39, 0.29) is 25.0 Å². The number of hydrogen-bond acceptors (Lipinski definition) is 7. The van der Waals surface area contributed by atoms with E-state index in [4.69, 9.17) is 9.47 Å². The summed E-state index contributed by atoms with van der Waals surface area (Å²) in [5, 5.41) is 17.3. The molecule has 1 aromatic carbocycles. The van der Waals surface area contributed by atoms with Crippen LogP contribution in [0.4, 0.5) is 0 Å². The lowest BCUT2D eigenvalue weighted by molar-refractivity contribution is -0.0269. The van der Waals surface area contributed by atoms with Crippen molar-refractivity contribution in [1.82, 2.24) is 24.5 Å². The Morgan fingerprint density at radius 2 is 1.97 bits per heavy atom. The highest BCUT2D eigenvalue weighted by atomic mass is 16.5. The maximum absolute atomic E-state index is 12.1. The molecule has 0 spiro atoms. The average Bonchev–Trinajstić information content (AvgIpc) is 3.24. The first-order valence-corrected chi connectivity index (χ1v) is 9.35. The molecule has 2 heterocycles. The van der Waals surface area contributed by atoms with Crippen LogP contribution in [0.5, 0.6) is 5.75 Å². The Hall–Kier alpha value is -3.50. The number of rotatable bonds is 9. The molecule has 0 radical (unpaired) electrons. The van der Waals surface area contributed by atoms with E-state index in [2.05, 4.69) is 15.3 Å². The molecule has 2 aromatic heterocycles. The van der Waals surface area contributed by atoms with Crippen LogP contribution < -0.4 is 16.0 Å². The van der Waals surface area contributed by atoms with Gasteiger partial charge in [0, 0.05) is 6.20 Å². The standard InChI is InChI=1S/C20H23N5O5/c1-3-17(12-26)30-13-24-10-14(19(27)21-20(24)28)4-5-15-11-25(23-22-15)16-6-8-18(29-2)9-7-16/h4-11,17,26H,3,12-13H2,1-2H3,(H,21,27,28)/b5-4+/t17-/m0/s1. The average molecular weight is 413 g/mol. The Morgan fingerprint density at radius 3 is 2.63 bits per heavy atom. The second-order valence-corrected chi connectivity index (χ2v) is 6.44. The van der Waals surface area contributed by atoms with Gasteiger partial charge in [-0.15, -0.1) is 5.10 Å². The number of aromatic nitrogens is 5. The van der Waals surface area contributed by atoms with Gasteiger partial charge in [-0.2, -0.15) is 0 Å². The van der Waals surface area contributed by atoms with E-state index in [1.54, 1.807) is 30.1 Å². The van der Waals surface area contributed by atoms with Gasteiger partial charge in [0.05, 0.1) is 37.3 Å². The SMILES string of the molecule is CC[C@@H](CO)OCn1cc(/C=C/c2cn(-c3ccc(OC)cc3)nn2)c(=O)[nH]c1=O. The van der Waals surface area contributed by atoms with E-state index in [1.165, 1.54) is 10.8 Å². The first-order valence-electron chi connectivity index (χ1n) is 9.35. The molecule has 30 heavy (non-hydrogen) atoms. The van der Waals surface area contributed by atoms with Gasteiger partial charge in [-0.05, 0) is 42.8 Å². The molecule has 3 aromatic rings. The number of H-pyrrole nitrogens is 1. The van der Waals surface area contributed by atoms with Crippen molar-refractivity contribution in [2.75, 3.05) is 13.7 Å². The van der Waals surface area contributed by atoms with E-state index in [0.29, 0.717) is 12.1 Å². The van der Waals surface area contributed by atoms with Crippen LogP contribution in [0.25, 0.3) is 17.8 Å². The number of methoxy groups -OCH3 is 1. The summed E-state index contributed by atoms with van der Waals surface area (Å²) < 4.78 is 13.4. The molecular formula is C20H23N5O5. The number of benzene rings is 1. The first kappa shape index (κ1) is 21.2. The molecule has 0 aliphatic heterocycles. The van der Waals surface area contributed by atoms with E-state index in [9.17, 15) is 14.7 Å². The molecule has 0 aliphatic carbocycles. The summed E-state index contributed by atoms with van der Waals surface area (Å²) in [7, 11) is 1.60. The number of nitrogens with zero attached hydrogens (tertiary/aromatic N) is 4. The van der Waals surface area contributed by atoms with Crippen molar-refractivity contribution in [3.63, 3.8) is 0 Å². The largest absolute Gasteiger partial charge is 0.497 e. The van der Waals surface area contributed by atoms with Gasteiger partial charge in [-0.1, -0.05) is 12.1 Å². The second-order valence-electron chi connectivity index (χ2n) is 6.44. The molecule has 0 saturated carbocycles. The fourth-order valence-electron chi connectivity index (χ4n) is 2.62. The predicted octanol–water partition coefficient (Wildman–Crippen LogP) is 1.04. The minimum absolute atomic E-state index is 0.0802. The van der Waals surface area contributed by atoms with Crippen LogP contribution in [0.3, 0.4) is 0 Å². The lowest BCUT2D eigenvalue weighted by atomic mass is 10.2. The Labute approximate surface area is 172 Å². The molecule has 2 N–H and O–H groups in total. The summed E-state index contributed by atoms with van der Waals surface area (Å²) in [5.41, 5.74) is 0.486. The van der Waals surface area contributed by atoms with Crippen molar-refractivity contribution in [2.24, 2.45) is 0 Å². The number of hydrogen-bond donors (Lipinski definition) is 2. The maximum atomic E-state index is 12.1. The Bertz CT molecular complexity index is 1110. The van der Waals surface area contributed by atoms with Gasteiger partial charge in [0.15, 0.2) is 0 Å². The summed E-state index contributed by atoms with van der Waals surface area (Å²) in [6.07, 6.45) is 6.49. The lowest BCUT2D eigenvalue weighted by Crippen LogP contribution is -2.32. The molecule has 1 atom stereocenters. The van der Waals surface area contributed by atoms with Crippen LogP contribution in [0.2, 0.25) is 0 Å². The zero-order chi connectivity index (χ0) is 21.5. The molecule has 0 fully saturated rings. The second kappa shape index (κ2) is 9.81. The van der Waals surface area contributed by atoms with Crippen molar-refractivity contribution >= 4 is 12.2 Å². The molecule has 0 bridgehead atoms. The van der Waals surface area contributed by atoms with Crippen molar-refractivity contribution in [3.05, 3.63) is 68.8 Å². The molecule has 10 heteroatoms. The van der Waals surface area contributed by atoms with E-state index < -0.39 is 11.2 Å². The third kappa shape index (κ3) is 5.10. The molecule has 158 valence electrons. The minimum Gasteiger partial charge on any atom is -0.497 e. The summed E-state index contributed by atoms with van der Waals surface area (Å²) in [4.78, 5) is 26.3. The van der Waals surface area contributed by atoms with Crippen LogP contribution in [0.1, 0.15) is 24.6 Å². The topological polar surface area (TPSA) is 124 Å². The van der Waals surface area contributed by atoms with Gasteiger partial charge in [0.25, 0.3) is 5.56 Å². The molecule has 0 amide bonds. The molecular weight excluding hydrogens is 390 g/mol. The van der Waals surface area contributed by atoms with E-state index >= 15 is 0 Å². The number of aliphatic hydroxyl groups is 1. The summed E-state index contributed by atoms with van der Waals surface area (Å²) >= 11 is 0. The van der Waals surface area contributed by atoms with Gasteiger partial charge >= 0.3 is 5.69 Å². The highest BCUT2D eigenvalue weighted by Crippen LogP contribution is 2.14. The van der Waals surface area contributed by atoms with Crippen molar-refractivity contribution in [1.29, 1.82) is 0 Å². The third-order valence-electron chi connectivity index (χ3n) is 4.43. The third-order valence-corrected chi connectivity index (χ3v) is 4.43. The van der Waals surface area contributed by atoms with Gasteiger partial charge in [-0.25, -0.2) is 9.48 Å². The van der Waals surface area contributed by atoms with Crippen LogP contribution in [-0.2, 0) is 11.5 Å². The first-order chi connectivity index (χ1) is 14.5. The number of ether oxygens (including phenoxy) is 2. The van der Waals surface area contributed by atoms with E-state index in [1.807, 2.05) is 31.2 Å². The normalized spacial score (nSPS) is 12.4. The molecule has 10 nitrogen and oxygen atoms in total. The predicted molar refractivity (Wildman–Crippen MR) is 110 cm³/mol. The van der Waals surface area contributed by atoms with Crippen molar-refractivity contribution < 1.29 is 14.6 Å². The van der Waals surface area contributed by atoms with E-state index in [0.717, 1.165) is 11.4 Å². The summed E-state index contributed by atoms with van der Waals surface area (Å²) in [6.45, 7) is 1.64. The fraction of sp³-hybridized carbons (Fsp3) is 0.300. The zero-order valence-electron chi connectivity index (χ0n) is 16.7. The Kier molecular flexibility index (Phi) is 6.94. The van der Waals surface area contributed by atoms with Crippen molar-refractivity contribution in [2.45, 2.75) is 26.2 Å². The van der Waals surface area contributed by atoms with Gasteiger partial charge in [0.1, 0.15) is 18.2 Å². The number of nitrogens with one attached hydrogen (secondary N) is 1. The van der Waals surface area contributed by atoms with Crippen LogP contribution in [0.15, 0.2) is 46.2 Å². The Morgan fingerprint density at radius 1 is 1.20 bits per heavy atom. The maximum Gasteiger partial charge on any atom is 0.330 e. The quantitative estimate of drug-likeness (QED) is 0.537. The number of aromatic amines is 1. The highest BCUT2D eigenvalue weighted by Gasteiger charge is 2.08. The van der Waals surface area contributed by atoms with Crippen LogP contribution in [0, 0.1) is 0 Å². The van der Waals surface area contributed by atoms with Gasteiger partial charge < -0.3 is 14.6 Å². The summed E-state index contributed by atoms with van der Waals surface area (Å²) in [6, 6.07) is 7.32. The Balaban J connectivity index is 1.77. The van der Waals surface area contributed by atoms with Crippen molar-refractivity contribution in [3.8, 4) is 11.4 Å². The summed E-state index contributed by atoms with van der Waals surface area (Å²) in [5.74, 6) is 0.738. The monoisotopic (exact) mass is 413 g/mol. The lowest BCUT2D eigenvalue weighted by Gasteiger charge is -2.14. The number of aliphatic hydroxyl groups excluding tert-OH is 1. The molecule has 0 saturated heterocycles. The zero-order valence-corrected chi connectivity index (χ0v) is 16.7. The minimum atomic E-state index is -0.588. The van der Waals surface area contributed by atoms with Crippen LogP contribution in [-0.4, -0.2) is 49.5 Å². The molecule has 0 unspecified atom stereocenters.